The Morgan fingerprint density at radius 1 is 1.12 bits per heavy atom. The van der Waals surface area contributed by atoms with Gasteiger partial charge in [-0.3, -0.25) is 9.59 Å². The highest BCUT2D eigenvalue weighted by atomic mass is 16.5. The summed E-state index contributed by atoms with van der Waals surface area (Å²) >= 11 is 0. The van der Waals surface area contributed by atoms with Crippen molar-refractivity contribution in [1.29, 1.82) is 0 Å². The molecule has 4 rings (SSSR count). The summed E-state index contributed by atoms with van der Waals surface area (Å²) in [5, 5.41) is 0.983. The number of aromatic nitrogens is 1. The Morgan fingerprint density at radius 3 is 2.79 bits per heavy atom. The number of amides is 2. The Labute approximate surface area is 138 Å². The van der Waals surface area contributed by atoms with E-state index in [0.29, 0.717) is 11.4 Å². The maximum Gasteiger partial charge on any atom is 0.241 e. The van der Waals surface area contributed by atoms with Crippen molar-refractivity contribution in [2.75, 3.05) is 12.0 Å². The summed E-state index contributed by atoms with van der Waals surface area (Å²) in [5.41, 5.74) is 2.38. The number of nitrogens with zero attached hydrogens (tertiary/aromatic N) is 1. The fraction of sp³-hybridized carbons (Fsp3) is 0.158. The first-order valence-electron chi connectivity index (χ1n) is 7.76. The van der Waals surface area contributed by atoms with Crippen LogP contribution in [0, 0.1) is 0 Å². The third-order valence-electron chi connectivity index (χ3n) is 4.45. The lowest BCUT2D eigenvalue weighted by Gasteiger charge is -2.15. The van der Waals surface area contributed by atoms with E-state index in [1.807, 2.05) is 30.5 Å². The van der Waals surface area contributed by atoms with Crippen molar-refractivity contribution in [2.45, 2.75) is 12.3 Å². The fourth-order valence-corrected chi connectivity index (χ4v) is 3.28. The molecule has 0 bridgehead atoms. The van der Waals surface area contributed by atoms with Gasteiger partial charge in [0.25, 0.3) is 0 Å². The number of H-pyrrole nitrogens is 1. The Balaban J connectivity index is 1.73. The monoisotopic (exact) mass is 320 g/mol. The SMILES string of the molecule is COc1cccc(N2C(=O)C[C@H](c3c[nH]c4ccccc34)C2=O)c1. The minimum atomic E-state index is -0.458. The number of hydrogen-bond acceptors (Lipinski definition) is 3. The number of rotatable bonds is 3. The number of ether oxygens (including phenoxy) is 1. The molecule has 0 saturated carbocycles. The topological polar surface area (TPSA) is 62.4 Å². The van der Waals surface area contributed by atoms with E-state index >= 15 is 0 Å². The van der Waals surface area contributed by atoms with Gasteiger partial charge in [-0.25, -0.2) is 4.90 Å². The zero-order chi connectivity index (χ0) is 16.7. The van der Waals surface area contributed by atoms with Crippen molar-refractivity contribution >= 4 is 28.4 Å². The average Bonchev–Trinajstić information content (AvgIpc) is 3.15. The third kappa shape index (κ3) is 2.17. The van der Waals surface area contributed by atoms with Gasteiger partial charge < -0.3 is 9.72 Å². The summed E-state index contributed by atoms with van der Waals surface area (Å²) in [6.07, 6.45) is 2.01. The molecule has 5 nitrogen and oxygen atoms in total. The molecule has 1 N–H and O–H groups in total. The number of anilines is 1. The lowest BCUT2D eigenvalue weighted by Crippen LogP contribution is -2.29. The standard InChI is InChI=1S/C19H16N2O3/c1-24-13-6-4-5-12(9-13)21-18(22)10-15(19(21)23)16-11-20-17-8-3-2-7-14(16)17/h2-9,11,15,20H,10H2,1H3/t15-/m1/s1. The van der Waals surface area contributed by atoms with E-state index < -0.39 is 5.92 Å². The van der Waals surface area contributed by atoms with E-state index in [-0.39, 0.29) is 18.2 Å². The number of carbonyl (C=O) groups excluding carboxylic acids is 2. The molecule has 0 radical (unpaired) electrons. The van der Waals surface area contributed by atoms with Crippen LogP contribution in [0.2, 0.25) is 0 Å². The molecule has 24 heavy (non-hydrogen) atoms. The number of nitrogens with one attached hydrogen (secondary N) is 1. The van der Waals surface area contributed by atoms with Gasteiger partial charge in [0.15, 0.2) is 0 Å². The second-order valence-electron chi connectivity index (χ2n) is 5.82. The van der Waals surface area contributed by atoms with Crippen LogP contribution >= 0.6 is 0 Å². The van der Waals surface area contributed by atoms with Crippen molar-refractivity contribution < 1.29 is 14.3 Å². The predicted octanol–water partition coefficient (Wildman–Crippen LogP) is 3.22. The predicted molar refractivity (Wildman–Crippen MR) is 91.1 cm³/mol. The molecule has 1 fully saturated rings. The number of carbonyl (C=O) groups is 2. The summed E-state index contributed by atoms with van der Waals surface area (Å²) in [5.74, 6) is -0.231. The van der Waals surface area contributed by atoms with Gasteiger partial charge in [-0.1, -0.05) is 24.3 Å². The van der Waals surface area contributed by atoms with Crippen molar-refractivity contribution in [2.24, 2.45) is 0 Å². The molecular formula is C19H16N2O3. The van der Waals surface area contributed by atoms with Crippen LogP contribution in [-0.2, 0) is 9.59 Å². The van der Waals surface area contributed by atoms with Gasteiger partial charge in [0.2, 0.25) is 11.8 Å². The van der Waals surface area contributed by atoms with Crippen LogP contribution in [0.1, 0.15) is 17.9 Å². The number of fused-ring (bicyclic) bond motifs is 1. The highest BCUT2D eigenvalue weighted by molar-refractivity contribution is 6.23. The number of methoxy groups -OCH3 is 1. The van der Waals surface area contributed by atoms with Gasteiger partial charge in [0, 0.05) is 29.6 Å². The quantitative estimate of drug-likeness (QED) is 0.754. The van der Waals surface area contributed by atoms with Crippen LogP contribution in [-0.4, -0.2) is 23.9 Å². The van der Waals surface area contributed by atoms with Crippen molar-refractivity contribution in [3.8, 4) is 5.75 Å². The van der Waals surface area contributed by atoms with Crippen LogP contribution < -0.4 is 9.64 Å². The lowest BCUT2D eigenvalue weighted by molar-refractivity contribution is -0.121. The van der Waals surface area contributed by atoms with Crippen LogP contribution in [0.4, 0.5) is 5.69 Å². The number of para-hydroxylation sites is 1. The Kier molecular flexibility index (Phi) is 3.34. The van der Waals surface area contributed by atoms with Gasteiger partial charge in [-0.2, -0.15) is 0 Å². The minimum Gasteiger partial charge on any atom is -0.497 e. The maximum absolute atomic E-state index is 12.9. The van der Waals surface area contributed by atoms with Crippen LogP contribution in [0.25, 0.3) is 10.9 Å². The van der Waals surface area contributed by atoms with Gasteiger partial charge in [-0.05, 0) is 23.8 Å². The second kappa shape index (κ2) is 5.53. The van der Waals surface area contributed by atoms with E-state index in [1.54, 1.807) is 31.4 Å². The first-order chi connectivity index (χ1) is 11.7. The molecule has 0 aliphatic carbocycles. The normalized spacial score (nSPS) is 17.7. The van der Waals surface area contributed by atoms with Crippen molar-refractivity contribution in [3.63, 3.8) is 0 Å². The molecule has 5 heteroatoms. The van der Waals surface area contributed by atoms with Crippen LogP contribution in [0.5, 0.6) is 5.75 Å². The Bertz CT molecular complexity index is 944. The number of benzene rings is 2. The summed E-state index contributed by atoms with van der Waals surface area (Å²) in [4.78, 5) is 29.8. The smallest absolute Gasteiger partial charge is 0.241 e. The van der Waals surface area contributed by atoms with Crippen molar-refractivity contribution in [1.82, 2.24) is 4.98 Å². The first-order valence-corrected chi connectivity index (χ1v) is 7.76. The molecule has 120 valence electrons. The molecule has 0 unspecified atom stereocenters. The van der Waals surface area contributed by atoms with Crippen LogP contribution in [0.15, 0.2) is 54.7 Å². The molecule has 2 heterocycles. The van der Waals surface area contributed by atoms with Crippen molar-refractivity contribution in [3.05, 3.63) is 60.3 Å². The van der Waals surface area contributed by atoms with E-state index in [9.17, 15) is 9.59 Å². The molecule has 1 atom stereocenters. The molecule has 2 aromatic carbocycles. The lowest BCUT2D eigenvalue weighted by atomic mass is 9.97. The van der Waals surface area contributed by atoms with Gasteiger partial charge in [0.1, 0.15) is 5.75 Å². The minimum absolute atomic E-state index is 0.178. The molecular weight excluding hydrogens is 304 g/mol. The highest BCUT2D eigenvalue weighted by Gasteiger charge is 2.41. The molecule has 1 aliphatic rings. The summed E-state index contributed by atoms with van der Waals surface area (Å²) in [6, 6.07) is 14.8. The highest BCUT2D eigenvalue weighted by Crippen LogP contribution is 2.37. The van der Waals surface area contributed by atoms with Crippen LogP contribution in [0.3, 0.4) is 0 Å². The number of imide groups is 1. The van der Waals surface area contributed by atoms with E-state index in [4.69, 9.17) is 4.74 Å². The maximum atomic E-state index is 12.9. The Hall–Kier alpha value is -3.08. The van der Waals surface area contributed by atoms with Gasteiger partial charge >= 0.3 is 0 Å². The number of aromatic amines is 1. The summed E-state index contributed by atoms with van der Waals surface area (Å²) < 4.78 is 5.19. The van der Waals surface area contributed by atoms with E-state index in [2.05, 4.69) is 4.98 Å². The largest absolute Gasteiger partial charge is 0.497 e. The zero-order valence-corrected chi connectivity index (χ0v) is 13.2. The van der Waals surface area contributed by atoms with Gasteiger partial charge in [-0.15, -0.1) is 0 Å². The summed E-state index contributed by atoms with van der Waals surface area (Å²) in [7, 11) is 1.56. The number of hydrogen-bond donors (Lipinski definition) is 1. The molecule has 1 aromatic heterocycles. The molecule has 1 saturated heterocycles. The molecule has 0 spiro atoms. The Morgan fingerprint density at radius 2 is 1.96 bits per heavy atom. The first kappa shape index (κ1) is 14.5. The van der Waals surface area contributed by atoms with E-state index in [1.165, 1.54) is 4.90 Å². The molecule has 2 amide bonds. The average molecular weight is 320 g/mol. The van der Waals surface area contributed by atoms with E-state index in [0.717, 1.165) is 16.5 Å². The summed E-state index contributed by atoms with van der Waals surface area (Å²) in [6.45, 7) is 0. The van der Waals surface area contributed by atoms with Gasteiger partial charge in [0.05, 0.1) is 18.7 Å². The molecule has 3 aromatic rings. The molecule has 1 aliphatic heterocycles. The fourth-order valence-electron chi connectivity index (χ4n) is 3.28. The second-order valence-corrected chi connectivity index (χ2v) is 5.82. The zero-order valence-electron chi connectivity index (χ0n) is 13.2. The third-order valence-corrected chi connectivity index (χ3v) is 4.45.